The van der Waals surface area contributed by atoms with Crippen LogP contribution in [-0.4, -0.2) is 40.7 Å². The van der Waals surface area contributed by atoms with Gasteiger partial charge in [0.15, 0.2) is 5.82 Å². The Hall–Kier alpha value is -1.85. The lowest BCUT2D eigenvalue weighted by Crippen LogP contribution is -2.23. The normalized spacial score (nSPS) is 19.4. The van der Waals surface area contributed by atoms with Crippen molar-refractivity contribution in [3.05, 3.63) is 12.4 Å². The number of ether oxygens (including phenoxy) is 1. The smallest absolute Gasteiger partial charge is 0.308 e. The fourth-order valence-electron chi connectivity index (χ4n) is 1.88. The van der Waals surface area contributed by atoms with Crippen LogP contribution in [0.1, 0.15) is 13.3 Å². The van der Waals surface area contributed by atoms with Crippen molar-refractivity contribution < 1.29 is 14.6 Å². The van der Waals surface area contributed by atoms with Crippen molar-refractivity contribution in [3.8, 4) is 5.88 Å². The van der Waals surface area contributed by atoms with E-state index in [4.69, 9.17) is 9.84 Å². The number of hydrogen-bond acceptors (Lipinski definition) is 5. The minimum absolute atomic E-state index is 0.312. The second kappa shape index (κ2) is 4.99. The molecule has 0 aromatic carbocycles. The first-order chi connectivity index (χ1) is 8.20. The number of hydrogen-bond donors (Lipinski definition) is 1. The van der Waals surface area contributed by atoms with E-state index in [9.17, 15) is 4.79 Å². The Kier molecular flexibility index (Phi) is 3.41. The summed E-state index contributed by atoms with van der Waals surface area (Å²) >= 11 is 0. The maximum Gasteiger partial charge on any atom is 0.308 e. The van der Waals surface area contributed by atoms with E-state index < -0.39 is 5.97 Å². The number of aliphatic carboxylic acids is 1. The van der Waals surface area contributed by atoms with E-state index in [-0.39, 0.29) is 5.92 Å². The molecule has 2 rings (SSSR count). The second-order valence-electron chi connectivity index (χ2n) is 3.92. The van der Waals surface area contributed by atoms with E-state index in [1.54, 1.807) is 12.4 Å². The van der Waals surface area contributed by atoms with Crippen LogP contribution in [0.2, 0.25) is 0 Å². The van der Waals surface area contributed by atoms with Crippen LogP contribution in [0.4, 0.5) is 5.82 Å². The Morgan fingerprint density at radius 2 is 2.47 bits per heavy atom. The first kappa shape index (κ1) is 11.6. The molecule has 1 aromatic rings. The standard InChI is InChI=1S/C11H15N3O3/c1-2-17-10-6-12-5-9(13-10)14-4-3-8(7-14)11(15)16/h5-6,8H,2-4,7H2,1H3,(H,15,16). The Labute approximate surface area is 99.2 Å². The maximum absolute atomic E-state index is 10.9. The Balaban J connectivity index is 2.08. The van der Waals surface area contributed by atoms with E-state index in [1.165, 1.54) is 0 Å². The molecule has 0 spiro atoms. The second-order valence-corrected chi connectivity index (χ2v) is 3.92. The molecule has 0 radical (unpaired) electrons. The minimum Gasteiger partial charge on any atom is -0.481 e. The average Bonchev–Trinajstić information content (AvgIpc) is 2.79. The van der Waals surface area contributed by atoms with Gasteiger partial charge in [0.2, 0.25) is 5.88 Å². The van der Waals surface area contributed by atoms with Crippen LogP contribution in [0.25, 0.3) is 0 Å². The molecule has 1 unspecified atom stereocenters. The molecule has 0 saturated carbocycles. The minimum atomic E-state index is -0.749. The topological polar surface area (TPSA) is 75.5 Å². The monoisotopic (exact) mass is 237 g/mol. The predicted octanol–water partition coefficient (Wildman–Crippen LogP) is 0.786. The average molecular weight is 237 g/mol. The number of aromatic nitrogens is 2. The first-order valence-corrected chi connectivity index (χ1v) is 5.63. The molecule has 2 heterocycles. The van der Waals surface area contributed by atoms with Gasteiger partial charge in [0.05, 0.1) is 24.9 Å². The highest BCUT2D eigenvalue weighted by molar-refractivity contribution is 5.71. The van der Waals surface area contributed by atoms with E-state index in [2.05, 4.69) is 9.97 Å². The molecular weight excluding hydrogens is 222 g/mol. The van der Waals surface area contributed by atoms with Gasteiger partial charge in [-0.05, 0) is 13.3 Å². The lowest BCUT2D eigenvalue weighted by molar-refractivity contribution is -0.140. The molecule has 1 N–H and O–H groups in total. The Bertz CT molecular complexity index is 411. The van der Waals surface area contributed by atoms with E-state index in [1.807, 2.05) is 11.8 Å². The summed E-state index contributed by atoms with van der Waals surface area (Å²) in [6.07, 6.45) is 3.83. The van der Waals surface area contributed by atoms with Crippen LogP contribution < -0.4 is 9.64 Å². The fraction of sp³-hybridized carbons (Fsp3) is 0.545. The van der Waals surface area contributed by atoms with Crippen molar-refractivity contribution in [1.29, 1.82) is 0 Å². The van der Waals surface area contributed by atoms with Gasteiger partial charge < -0.3 is 14.7 Å². The molecule has 0 aliphatic carbocycles. The zero-order valence-corrected chi connectivity index (χ0v) is 9.67. The van der Waals surface area contributed by atoms with Crippen LogP contribution in [0.5, 0.6) is 5.88 Å². The van der Waals surface area contributed by atoms with Crippen LogP contribution in [0.3, 0.4) is 0 Å². The number of carbonyl (C=O) groups is 1. The lowest BCUT2D eigenvalue weighted by atomic mass is 10.1. The van der Waals surface area contributed by atoms with E-state index in [0.717, 1.165) is 0 Å². The van der Waals surface area contributed by atoms with Crippen molar-refractivity contribution in [1.82, 2.24) is 9.97 Å². The van der Waals surface area contributed by atoms with E-state index in [0.29, 0.717) is 37.8 Å². The molecule has 6 nitrogen and oxygen atoms in total. The molecular formula is C11H15N3O3. The van der Waals surface area contributed by atoms with Gasteiger partial charge >= 0.3 is 5.97 Å². The van der Waals surface area contributed by atoms with Crippen molar-refractivity contribution in [2.24, 2.45) is 5.92 Å². The molecule has 0 amide bonds. The van der Waals surface area contributed by atoms with Crippen molar-refractivity contribution in [2.75, 3.05) is 24.6 Å². The third kappa shape index (κ3) is 2.64. The van der Waals surface area contributed by atoms with Gasteiger partial charge in [-0.2, -0.15) is 4.98 Å². The summed E-state index contributed by atoms with van der Waals surface area (Å²) in [6.45, 7) is 3.60. The summed E-state index contributed by atoms with van der Waals surface area (Å²) in [7, 11) is 0. The zero-order chi connectivity index (χ0) is 12.3. The fourth-order valence-corrected chi connectivity index (χ4v) is 1.88. The van der Waals surface area contributed by atoms with Gasteiger partial charge in [0, 0.05) is 13.1 Å². The zero-order valence-electron chi connectivity index (χ0n) is 9.67. The quantitative estimate of drug-likeness (QED) is 0.834. The third-order valence-corrected chi connectivity index (χ3v) is 2.75. The first-order valence-electron chi connectivity index (χ1n) is 5.63. The molecule has 1 atom stereocenters. The molecule has 6 heteroatoms. The predicted molar refractivity (Wildman–Crippen MR) is 61.2 cm³/mol. The third-order valence-electron chi connectivity index (χ3n) is 2.75. The van der Waals surface area contributed by atoms with Crippen molar-refractivity contribution >= 4 is 11.8 Å². The molecule has 1 aliphatic heterocycles. The summed E-state index contributed by atoms with van der Waals surface area (Å²) in [6, 6.07) is 0. The van der Waals surface area contributed by atoms with Crippen molar-refractivity contribution in [3.63, 3.8) is 0 Å². The number of nitrogens with zero attached hydrogens (tertiary/aromatic N) is 3. The van der Waals surface area contributed by atoms with Gasteiger partial charge in [-0.15, -0.1) is 0 Å². The van der Waals surface area contributed by atoms with Gasteiger partial charge in [0.1, 0.15) is 0 Å². The van der Waals surface area contributed by atoms with Gasteiger partial charge in [-0.1, -0.05) is 0 Å². The number of rotatable bonds is 4. The molecule has 92 valence electrons. The summed E-state index contributed by atoms with van der Waals surface area (Å²) < 4.78 is 5.26. The molecule has 1 aliphatic rings. The van der Waals surface area contributed by atoms with Crippen LogP contribution in [0, 0.1) is 5.92 Å². The summed E-state index contributed by atoms with van der Waals surface area (Å²) in [5.74, 6) is 0.0949. The Morgan fingerprint density at radius 3 is 3.12 bits per heavy atom. The van der Waals surface area contributed by atoms with Gasteiger partial charge in [-0.3, -0.25) is 9.78 Å². The molecule has 1 saturated heterocycles. The number of carboxylic acids is 1. The molecule has 1 aromatic heterocycles. The summed E-state index contributed by atoms with van der Waals surface area (Å²) in [5.41, 5.74) is 0. The molecule has 17 heavy (non-hydrogen) atoms. The van der Waals surface area contributed by atoms with Crippen LogP contribution >= 0.6 is 0 Å². The maximum atomic E-state index is 10.9. The van der Waals surface area contributed by atoms with Crippen LogP contribution in [-0.2, 0) is 4.79 Å². The number of anilines is 1. The highest BCUT2D eigenvalue weighted by Gasteiger charge is 2.28. The van der Waals surface area contributed by atoms with E-state index >= 15 is 0 Å². The number of carboxylic acid groups (broad SMARTS) is 1. The highest BCUT2D eigenvalue weighted by Crippen LogP contribution is 2.23. The Morgan fingerprint density at radius 1 is 1.65 bits per heavy atom. The van der Waals surface area contributed by atoms with Crippen molar-refractivity contribution in [2.45, 2.75) is 13.3 Å². The van der Waals surface area contributed by atoms with Gasteiger partial charge in [-0.25, -0.2) is 0 Å². The van der Waals surface area contributed by atoms with Crippen LogP contribution in [0.15, 0.2) is 12.4 Å². The molecule has 1 fully saturated rings. The lowest BCUT2D eigenvalue weighted by Gasteiger charge is -2.16. The summed E-state index contributed by atoms with van der Waals surface area (Å²) in [4.78, 5) is 21.1. The van der Waals surface area contributed by atoms with Gasteiger partial charge in [0.25, 0.3) is 0 Å². The summed E-state index contributed by atoms with van der Waals surface area (Å²) in [5, 5.41) is 8.93. The largest absolute Gasteiger partial charge is 0.481 e. The highest BCUT2D eigenvalue weighted by atomic mass is 16.5. The SMILES string of the molecule is CCOc1cncc(N2CCC(C(=O)O)C2)n1. The molecule has 0 bridgehead atoms.